The van der Waals surface area contributed by atoms with Gasteiger partial charge in [0, 0.05) is 18.0 Å². The molecule has 1 atom stereocenters. The van der Waals surface area contributed by atoms with Crippen molar-refractivity contribution in [1.82, 2.24) is 9.88 Å². The molecule has 0 bridgehead atoms. The molecule has 2 amide bonds. The Morgan fingerprint density at radius 1 is 1.18 bits per heavy atom. The molecule has 0 unspecified atom stereocenters. The molecule has 2 aliphatic heterocycles. The van der Waals surface area contributed by atoms with Crippen LogP contribution in [0.25, 0.3) is 6.08 Å². The van der Waals surface area contributed by atoms with Gasteiger partial charge >= 0.3 is 35.5 Å². The summed E-state index contributed by atoms with van der Waals surface area (Å²) in [6.07, 6.45) is 4.83. The molecule has 4 rings (SSSR count). The van der Waals surface area contributed by atoms with E-state index < -0.39 is 44.4 Å². The molecular formula is C22H16N3NaO7S. The molecule has 2 aromatic rings. The van der Waals surface area contributed by atoms with E-state index in [1.807, 2.05) is 0 Å². The molecule has 3 heterocycles. The number of pyridine rings is 1. The minimum atomic E-state index is -3.98. The molecule has 0 aliphatic carbocycles. The number of nitrogens with one attached hydrogen (secondary N) is 1. The third kappa shape index (κ3) is 4.97. The summed E-state index contributed by atoms with van der Waals surface area (Å²) in [7, 11) is -3.98. The van der Waals surface area contributed by atoms with E-state index in [1.54, 1.807) is 18.2 Å². The molecule has 0 saturated carbocycles. The number of benzene rings is 1. The van der Waals surface area contributed by atoms with Crippen LogP contribution in [0.15, 0.2) is 77.7 Å². The maximum absolute atomic E-state index is 12.9. The number of fused-ring (bicyclic) bond motifs is 1. The Balaban J connectivity index is 0.00000324. The van der Waals surface area contributed by atoms with Gasteiger partial charge in [-0.3, -0.25) is 19.5 Å². The number of β-lactam (4-membered cyclic amide) rings is 1. The quantitative estimate of drug-likeness (QED) is 0.269. The number of carbonyl (C=O) groups excluding carboxylic acids is 2. The molecule has 1 aromatic heterocycles. The molecule has 34 heavy (non-hydrogen) atoms. The van der Waals surface area contributed by atoms with Crippen molar-refractivity contribution in [3.05, 3.63) is 83.4 Å². The Bertz CT molecular complexity index is 1350. The van der Waals surface area contributed by atoms with E-state index in [1.165, 1.54) is 36.5 Å². The Morgan fingerprint density at radius 3 is 2.50 bits per heavy atom. The molecule has 168 valence electrons. The second-order valence-electron chi connectivity index (χ2n) is 7.21. The fraction of sp³-hybridized carbons (Fsp3) is 0.0909. The largest absolute Gasteiger partial charge is 1.00 e. The number of amides is 2. The average Bonchev–Trinajstić information content (AvgIpc) is 2.77. The van der Waals surface area contributed by atoms with Crippen LogP contribution >= 0.6 is 0 Å². The van der Waals surface area contributed by atoms with Crippen LogP contribution in [0.1, 0.15) is 5.69 Å². The summed E-state index contributed by atoms with van der Waals surface area (Å²) in [6.45, 7) is 0. The van der Waals surface area contributed by atoms with E-state index in [-0.39, 0.29) is 46.5 Å². The smallest absolute Gasteiger partial charge is 0.872 e. The van der Waals surface area contributed by atoms with Crippen LogP contribution in [0.3, 0.4) is 0 Å². The maximum Gasteiger partial charge on any atom is 1.00 e. The van der Waals surface area contributed by atoms with Crippen molar-refractivity contribution in [2.24, 2.45) is 0 Å². The van der Waals surface area contributed by atoms with Gasteiger partial charge in [0.05, 0.1) is 17.0 Å². The van der Waals surface area contributed by atoms with Crippen LogP contribution < -0.4 is 40.0 Å². The van der Waals surface area contributed by atoms with Crippen molar-refractivity contribution >= 4 is 39.4 Å². The van der Waals surface area contributed by atoms with Gasteiger partial charge in [0.1, 0.15) is 5.70 Å². The molecule has 1 aromatic carbocycles. The van der Waals surface area contributed by atoms with Gasteiger partial charge in [-0.2, -0.15) is 0 Å². The van der Waals surface area contributed by atoms with Crippen molar-refractivity contribution in [3.63, 3.8) is 0 Å². The first kappa shape index (κ1) is 25.4. The Hall–Kier alpha value is -3.25. The first-order chi connectivity index (χ1) is 15.7. The van der Waals surface area contributed by atoms with Crippen molar-refractivity contribution in [2.45, 2.75) is 5.37 Å². The van der Waals surface area contributed by atoms with Gasteiger partial charge in [-0.25, -0.2) is 13.2 Å². The zero-order valence-corrected chi connectivity index (χ0v) is 20.7. The van der Waals surface area contributed by atoms with Gasteiger partial charge < -0.3 is 15.5 Å². The second kappa shape index (κ2) is 9.94. The number of nitrogens with zero attached hydrogens (tertiary/aromatic N) is 2. The predicted octanol–water partition coefficient (Wildman–Crippen LogP) is -2.33. The number of carboxylic acids is 1. The monoisotopic (exact) mass is 489 g/mol. The zero-order chi connectivity index (χ0) is 23.8. The van der Waals surface area contributed by atoms with Crippen LogP contribution in [-0.2, 0) is 24.2 Å². The standard InChI is InChI=1S/C22H17N3O7S.Na/c26-16-7-5-14(6-8-16)24-18(27)9-4-13-12-33(31,32)21-17(11-15-3-1-2-10-23-15)20(28)25(21)19(13)22(29)30;/h1-11,21,26H,12H2,(H,24,27)(H,29,30);/q;+1/p-1/b9-4+,17-11+;/t21-;/m1./s1. The van der Waals surface area contributed by atoms with Crippen LogP contribution in [-0.4, -0.2) is 52.3 Å². The van der Waals surface area contributed by atoms with E-state index in [0.717, 1.165) is 12.2 Å². The minimum absolute atomic E-state index is 0. The predicted molar refractivity (Wildman–Crippen MR) is 115 cm³/mol. The number of allylic oxidation sites excluding steroid dienone is 1. The van der Waals surface area contributed by atoms with Gasteiger partial charge in [-0.1, -0.05) is 24.3 Å². The molecule has 2 N–H and O–H groups in total. The fourth-order valence-electron chi connectivity index (χ4n) is 3.54. The van der Waals surface area contributed by atoms with E-state index in [2.05, 4.69) is 10.3 Å². The summed E-state index contributed by atoms with van der Waals surface area (Å²) in [5.41, 5.74) is -0.0824. The average molecular weight is 489 g/mol. The number of aliphatic carboxylic acids is 1. The Labute approximate surface area is 216 Å². The van der Waals surface area contributed by atoms with Crippen LogP contribution in [0.5, 0.6) is 5.75 Å². The van der Waals surface area contributed by atoms with E-state index in [9.17, 15) is 33.0 Å². The number of carboxylic acid groups (broad SMARTS) is 1. The van der Waals surface area contributed by atoms with Gasteiger partial charge in [0.25, 0.3) is 5.91 Å². The van der Waals surface area contributed by atoms with E-state index in [0.29, 0.717) is 16.3 Å². The Morgan fingerprint density at radius 2 is 1.88 bits per heavy atom. The molecule has 0 spiro atoms. The summed E-state index contributed by atoms with van der Waals surface area (Å²) in [4.78, 5) is 41.5. The molecule has 0 radical (unpaired) electrons. The summed E-state index contributed by atoms with van der Waals surface area (Å²) in [5.74, 6) is -3.84. The molecule has 1 fully saturated rings. The molecule has 10 nitrogen and oxygen atoms in total. The molecular weight excluding hydrogens is 473 g/mol. The first-order valence-corrected chi connectivity index (χ1v) is 11.3. The van der Waals surface area contributed by atoms with Crippen molar-refractivity contribution < 1.29 is 62.6 Å². The van der Waals surface area contributed by atoms with Gasteiger partial charge in [0.15, 0.2) is 15.2 Å². The number of hydrogen-bond donors (Lipinski definition) is 2. The Kier molecular flexibility index (Phi) is 7.41. The maximum atomic E-state index is 12.9. The number of hydrogen-bond acceptors (Lipinski definition) is 7. The normalized spacial score (nSPS) is 19.9. The number of carbonyl (C=O) groups is 3. The van der Waals surface area contributed by atoms with E-state index in [4.69, 9.17) is 0 Å². The summed E-state index contributed by atoms with van der Waals surface area (Å²) in [5, 5.41) is 21.8. The summed E-state index contributed by atoms with van der Waals surface area (Å²) >= 11 is 0. The van der Waals surface area contributed by atoms with Crippen molar-refractivity contribution in [3.8, 4) is 5.75 Å². The molecule has 2 aliphatic rings. The molecule has 1 saturated heterocycles. The summed E-state index contributed by atoms with van der Waals surface area (Å²) < 4.78 is 25.8. The van der Waals surface area contributed by atoms with Crippen LogP contribution in [0, 0.1) is 0 Å². The van der Waals surface area contributed by atoms with Crippen molar-refractivity contribution in [2.75, 3.05) is 11.1 Å². The number of sulfone groups is 1. The number of aromatic nitrogens is 1. The van der Waals surface area contributed by atoms with Crippen molar-refractivity contribution in [1.29, 1.82) is 0 Å². The number of rotatable bonds is 5. The number of anilines is 1. The summed E-state index contributed by atoms with van der Waals surface area (Å²) in [6, 6.07) is 10.2. The van der Waals surface area contributed by atoms with Crippen LogP contribution in [0.2, 0.25) is 0 Å². The van der Waals surface area contributed by atoms with E-state index >= 15 is 0 Å². The van der Waals surface area contributed by atoms with Gasteiger partial charge in [-0.15, -0.1) is 5.75 Å². The minimum Gasteiger partial charge on any atom is -0.872 e. The van der Waals surface area contributed by atoms with Crippen LogP contribution in [0.4, 0.5) is 5.69 Å². The zero-order valence-electron chi connectivity index (χ0n) is 17.8. The first-order valence-electron chi connectivity index (χ1n) is 9.58. The third-order valence-electron chi connectivity index (χ3n) is 4.96. The third-order valence-corrected chi connectivity index (χ3v) is 6.82. The molecule has 12 heteroatoms. The fourth-order valence-corrected chi connectivity index (χ4v) is 5.44. The van der Waals surface area contributed by atoms with Gasteiger partial charge in [-0.05, 0) is 35.9 Å². The second-order valence-corrected chi connectivity index (χ2v) is 9.28. The SMILES string of the molecule is O=C(/C=C/C1=C(C(=O)O)N2C(=O)/C(=C\c3ccccn3)[C@H]2S(=O)(=O)C1)Nc1ccc([O-])cc1.[Na+]. The topological polar surface area (TPSA) is 157 Å². The van der Waals surface area contributed by atoms with Gasteiger partial charge in [0.2, 0.25) is 5.91 Å².